The number of hydrazone groups is 1. The number of ether oxygens (including phenoxy) is 1. The summed E-state index contributed by atoms with van der Waals surface area (Å²) < 4.78 is 10.9. The number of nitrogens with zero attached hydrogens (tertiary/aromatic N) is 1. The van der Waals surface area contributed by atoms with Gasteiger partial charge in [0.2, 0.25) is 0 Å². The average molecular weight is 466 g/mol. The summed E-state index contributed by atoms with van der Waals surface area (Å²) in [6, 6.07) is 9.99. The van der Waals surface area contributed by atoms with Gasteiger partial charge >= 0.3 is 5.97 Å². The first-order valence-electron chi connectivity index (χ1n) is 10.6. The lowest BCUT2D eigenvalue weighted by Gasteiger charge is -2.13. The Morgan fingerprint density at radius 3 is 2.61 bits per heavy atom. The SMILES string of the molecule is CCOC(=O)c1ccc(NC(=O)c2oc3c(c2C)/C(=N/NC(=O)c2cccs2)CCC3)cc1. The number of carbonyl (C=O) groups is 3. The van der Waals surface area contributed by atoms with Gasteiger partial charge < -0.3 is 14.5 Å². The van der Waals surface area contributed by atoms with Crippen molar-refractivity contribution in [3.8, 4) is 0 Å². The van der Waals surface area contributed by atoms with Crippen LogP contribution < -0.4 is 10.7 Å². The number of carbonyl (C=O) groups excluding carboxylic acids is 3. The Bertz CT molecular complexity index is 1210. The van der Waals surface area contributed by atoms with Gasteiger partial charge in [0.15, 0.2) is 5.76 Å². The molecule has 0 saturated heterocycles. The van der Waals surface area contributed by atoms with Crippen molar-refractivity contribution in [1.82, 2.24) is 5.43 Å². The molecule has 0 spiro atoms. The highest BCUT2D eigenvalue weighted by molar-refractivity contribution is 7.12. The van der Waals surface area contributed by atoms with E-state index in [1.54, 1.807) is 43.3 Å². The molecule has 2 N–H and O–H groups in total. The first kappa shape index (κ1) is 22.5. The van der Waals surface area contributed by atoms with Crippen LogP contribution >= 0.6 is 11.3 Å². The minimum Gasteiger partial charge on any atom is -0.462 e. The van der Waals surface area contributed by atoms with Crippen LogP contribution in [0.15, 0.2) is 51.3 Å². The number of hydrogen-bond donors (Lipinski definition) is 2. The van der Waals surface area contributed by atoms with Crippen LogP contribution in [0.1, 0.15) is 67.2 Å². The molecule has 0 saturated carbocycles. The van der Waals surface area contributed by atoms with Gasteiger partial charge in [0.05, 0.1) is 22.8 Å². The van der Waals surface area contributed by atoms with E-state index in [1.807, 2.05) is 12.3 Å². The maximum Gasteiger partial charge on any atom is 0.338 e. The molecule has 1 aliphatic carbocycles. The second-order valence-corrected chi connectivity index (χ2v) is 8.38. The molecule has 0 unspecified atom stereocenters. The number of furan rings is 1. The molecule has 0 radical (unpaired) electrons. The van der Waals surface area contributed by atoms with E-state index < -0.39 is 11.9 Å². The van der Waals surface area contributed by atoms with E-state index in [-0.39, 0.29) is 11.7 Å². The molecule has 1 aromatic carbocycles. The summed E-state index contributed by atoms with van der Waals surface area (Å²) in [5.41, 5.74) is 5.68. The van der Waals surface area contributed by atoms with Gasteiger partial charge in [-0.05, 0) is 62.4 Å². The number of aryl methyl sites for hydroxylation is 1. The summed E-state index contributed by atoms with van der Waals surface area (Å²) in [6.45, 7) is 3.84. The summed E-state index contributed by atoms with van der Waals surface area (Å²) in [5.74, 6) is -0.190. The molecule has 33 heavy (non-hydrogen) atoms. The zero-order valence-corrected chi connectivity index (χ0v) is 19.1. The van der Waals surface area contributed by atoms with Crippen molar-refractivity contribution in [2.24, 2.45) is 5.10 Å². The molecule has 170 valence electrons. The highest BCUT2D eigenvalue weighted by Crippen LogP contribution is 2.30. The lowest BCUT2D eigenvalue weighted by atomic mass is 9.93. The van der Waals surface area contributed by atoms with Crippen molar-refractivity contribution < 1.29 is 23.5 Å². The molecule has 1 aliphatic rings. The highest BCUT2D eigenvalue weighted by atomic mass is 32.1. The summed E-state index contributed by atoms with van der Waals surface area (Å²) in [7, 11) is 0. The maximum atomic E-state index is 12.9. The monoisotopic (exact) mass is 465 g/mol. The first-order chi connectivity index (χ1) is 16.0. The third-order valence-electron chi connectivity index (χ3n) is 5.22. The van der Waals surface area contributed by atoms with Gasteiger partial charge in [-0.25, -0.2) is 10.2 Å². The van der Waals surface area contributed by atoms with E-state index in [2.05, 4.69) is 15.8 Å². The summed E-state index contributed by atoms with van der Waals surface area (Å²) >= 11 is 1.34. The van der Waals surface area contributed by atoms with Crippen LogP contribution in [-0.2, 0) is 11.2 Å². The molecule has 2 heterocycles. The van der Waals surface area contributed by atoms with Gasteiger partial charge in [0.1, 0.15) is 5.76 Å². The zero-order valence-electron chi connectivity index (χ0n) is 18.3. The molecule has 8 nitrogen and oxygen atoms in total. The van der Waals surface area contributed by atoms with Crippen LogP contribution in [0.5, 0.6) is 0 Å². The van der Waals surface area contributed by atoms with E-state index >= 15 is 0 Å². The minimum atomic E-state index is -0.414. The lowest BCUT2D eigenvalue weighted by Crippen LogP contribution is -2.21. The molecular formula is C24H23N3O5S. The maximum absolute atomic E-state index is 12.9. The van der Waals surface area contributed by atoms with Gasteiger partial charge in [-0.15, -0.1) is 11.3 Å². The van der Waals surface area contributed by atoms with Gasteiger partial charge in [-0.1, -0.05) is 6.07 Å². The molecule has 0 bridgehead atoms. The largest absolute Gasteiger partial charge is 0.462 e. The molecule has 9 heteroatoms. The molecule has 0 atom stereocenters. The molecular weight excluding hydrogens is 442 g/mol. The molecule has 0 aliphatic heterocycles. The third kappa shape index (κ3) is 4.88. The Labute approximate surface area is 194 Å². The molecule has 0 fully saturated rings. The van der Waals surface area contributed by atoms with Gasteiger partial charge in [0.25, 0.3) is 11.8 Å². The topological polar surface area (TPSA) is 110 Å². The second kappa shape index (κ2) is 9.83. The number of anilines is 1. The van der Waals surface area contributed by atoms with Crippen molar-refractivity contribution in [2.45, 2.75) is 33.1 Å². The zero-order chi connectivity index (χ0) is 23.4. The predicted molar refractivity (Wildman–Crippen MR) is 125 cm³/mol. The number of benzene rings is 1. The Balaban J connectivity index is 1.51. The number of rotatable bonds is 6. The number of thiophene rings is 1. The van der Waals surface area contributed by atoms with Gasteiger partial charge in [0, 0.05) is 23.2 Å². The Morgan fingerprint density at radius 1 is 1.12 bits per heavy atom. The number of nitrogens with one attached hydrogen (secondary N) is 2. The van der Waals surface area contributed by atoms with E-state index in [1.165, 1.54) is 11.3 Å². The van der Waals surface area contributed by atoms with Gasteiger partial charge in [-0.3, -0.25) is 9.59 Å². The van der Waals surface area contributed by atoms with Crippen molar-refractivity contribution in [3.63, 3.8) is 0 Å². The second-order valence-electron chi connectivity index (χ2n) is 7.44. The fourth-order valence-corrected chi connectivity index (χ4v) is 4.28. The highest BCUT2D eigenvalue weighted by Gasteiger charge is 2.28. The van der Waals surface area contributed by atoms with E-state index in [0.29, 0.717) is 52.6 Å². The van der Waals surface area contributed by atoms with Crippen LogP contribution in [0.25, 0.3) is 0 Å². The lowest BCUT2D eigenvalue weighted by molar-refractivity contribution is 0.0526. The quantitative estimate of drug-likeness (QED) is 0.410. The van der Waals surface area contributed by atoms with Gasteiger partial charge in [-0.2, -0.15) is 5.10 Å². The first-order valence-corrected chi connectivity index (χ1v) is 11.5. The number of amides is 2. The minimum absolute atomic E-state index is 0.202. The van der Waals surface area contributed by atoms with Crippen molar-refractivity contribution in [2.75, 3.05) is 11.9 Å². The van der Waals surface area contributed by atoms with E-state index in [4.69, 9.17) is 9.15 Å². The van der Waals surface area contributed by atoms with Crippen LogP contribution in [0.3, 0.4) is 0 Å². The Kier molecular flexibility index (Phi) is 6.69. The Morgan fingerprint density at radius 2 is 1.91 bits per heavy atom. The smallest absolute Gasteiger partial charge is 0.338 e. The molecule has 3 aromatic rings. The van der Waals surface area contributed by atoms with E-state index in [9.17, 15) is 14.4 Å². The normalized spacial score (nSPS) is 13.9. The molecule has 2 aromatic heterocycles. The standard InChI is InChI=1S/C24H23N3O5S/c1-3-31-24(30)15-9-11-16(12-10-15)25-23(29)21-14(2)20-17(6-4-7-18(20)32-21)26-27-22(28)19-8-5-13-33-19/h5,8-13H,3-4,6-7H2,1-2H3,(H,25,29)(H,27,28)/b26-17+. The molecule has 4 rings (SSSR count). The average Bonchev–Trinajstić information content (AvgIpc) is 3.47. The predicted octanol–water partition coefficient (Wildman–Crippen LogP) is 4.55. The third-order valence-corrected chi connectivity index (χ3v) is 6.09. The summed E-state index contributed by atoms with van der Waals surface area (Å²) in [4.78, 5) is 37.5. The van der Waals surface area contributed by atoms with Crippen LogP contribution in [-0.4, -0.2) is 30.1 Å². The number of fused-ring (bicyclic) bond motifs is 1. The summed E-state index contributed by atoms with van der Waals surface area (Å²) in [6.07, 6.45) is 2.17. The van der Waals surface area contributed by atoms with Crippen molar-refractivity contribution >= 4 is 40.5 Å². The number of esters is 1. The van der Waals surface area contributed by atoms with Crippen LogP contribution in [0.2, 0.25) is 0 Å². The number of hydrogen-bond acceptors (Lipinski definition) is 7. The summed E-state index contributed by atoms with van der Waals surface area (Å²) in [5, 5.41) is 8.95. The van der Waals surface area contributed by atoms with Crippen LogP contribution in [0, 0.1) is 6.92 Å². The van der Waals surface area contributed by atoms with Crippen LogP contribution in [0.4, 0.5) is 5.69 Å². The van der Waals surface area contributed by atoms with Crippen molar-refractivity contribution in [1.29, 1.82) is 0 Å². The Hall–Kier alpha value is -3.72. The van der Waals surface area contributed by atoms with Crippen molar-refractivity contribution in [3.05, 3.63) is 74.9 Å². The fourth-order valence-electron chi connectivity index (χ4n) is 3.67. The fraction of sp³-hybridized carbons (Fsp3) is 0.250. The molecule has 2 amide bonds. The van der Waals surface area contributed by atoms with E-state index in [0.717, 1.165) is 12.0 Å².